The normalized spacial score (nSPS) is 19.5. The van der Waals surface area contributed by atoms with Crippen LogP contribution in [0.4, 0.5) is 4.79 Å². The Bertz CT molecular complexity index is 944. The van der Waals surface area contributed by atoms with Gasteiger partial charge >= 0.3 is 6.09 Å². The number of piperidine rings is 1. The molecule has 3 rings (SSSR count). The summed E-state index contributed by atoms with van der Waals surface area (Å²) in [5.74, 6) is -0.922. The van der Waals surface area contributed by atoms with Crippen molar-refractivity contribution in [3.63, 3.8) is 0 Å². The monoisotopic (exact) mass is 482 g/mol. The van der Waals surface area contributed by atoms with Crippen molar-refractivity contribution in [3.05, 3.63) is 60.7 Å². The average Bonchev–Trinajstić information content (AvgIpc) is 2.76. The molecule has 2 aromatic carbocycles. The molecule has 0 spiro atoms. The molecule has 2 atom stereocenters. The Morgan fingerprint density at radius 1 is 0.882 bits per heavy atom. The Kier molecular flexibility index (Phi) is 7.58. The summed E-state index contributed by atoms with van der Waals surface area (Å²) in [5.41, 5.74) is 5.10. The van der Waals surface area contributed by atoms with E-state index in [1.807, 2.05) is 57.2 Å². The summed E-state index contributed by atoms with van der Waals surface area (Å²) in [4.78, 5) is 26.8. The van der Waals surface area contributed by atoms with Crippen molar-refractivity contribution in [1.29, 1.82) is 0 Å². The first-order valence-electron chi connectivity index (χ1n) is 11.9. The van der Waals surface area contributed by atoms with Crippen molar-refractivity contribution in [2.45, 2.75) is 64.7 Å². The molecule has 0 radical (unpaired) electrons. The molecular formula is C27H38N2O4Si. The molecule has 2 aromatic rings. The van der Waals surface area contributed by atoms with Gasteiger partial charge in [-0.3, -0.25) is 4.79 Å². The maximum Gasteiger partial charge on any atom is 0.410 e. The molecular weight excluding hydrogens is 444 g/mol. The number of nitrogens with zero attached hydrogens (tertiary/aromatic N) is 1. The van der Waals surface area contributed by atoms with Crippen molar-refractivity contribution in [2.24, 2.45) is 11.7 Å². The third kappa shape index (κ3) is 5.70. The van der Waals surface area contributed by atoms with Gasteiger partial charge in [0.2, 0.25) is 5.91 Å². The summed E-state index contributed by atoms with van der Waals surface area (Å²) >= 11 is 0. The van der Waals surface area contributed by atoms with Crippen LogP contribution in [0, 0.1) is 5.92 Å². The average molecular weight is 483 g/mol. The lowest BCUT2D eigenvalue weighted by Gasteiger charge is -2.47. The van der Waals surface area contributed by atoms with E-state index in [2.05, 4.69) is 45.0 Å². The van der Waals surface area contributed by atoms with E-state index in [4.69, 9.17) is 14.9 Å². The maximum absolute atomic E-state index is 12.9. The van der Waals surface area contributed by atoms with Crippen LogP contribution in [-0.4, -0.2) is 50.0 Å². The van der Waals surface area contributed by atoms with Gasteiger partial charge in [-0.25, -0.2) is 4.79 Å². The number of nitrogens with two attached hydrogens (primary N) is 1. The molecule has 0 aromatic heterocycles. The van der Waals surface area contributed by atoms with Gasteiger partial charge in [-0.15, -0.1) is 0 Å². The molecule has 1 fully saturated rings. The molecule has 184 valence electrons. The maximum atomic E-state index is 12.9. The fourth-order valence-electron chi connectivity index (χ4n) is 4.76. The van der Waals surface area contributed by atoms with Crippen LogP contribution in [0.2, 0.25) is 5.04 Å². The van der Waals surface area contributed by atoms with E-state index in [-0.39, 0.29) is 17.7 Å². The summed E-state index contributed by atoms with van der Waals surface area (Å²) in [5, 5.41) is 2.09. The molecule has 1 saturated heterocycles. The number of amides is 2. The van der Waals surface area contributed by atoms with Crippen LogP contribution in [0.15, 0.2) is 60.7 Å². The summed E-state index contributed by atoms with van der Waals surface area (Å²) in [6, 6.07) is 20.7. The number of hydrogen-bond acceptors (Lipinski definition) is 4. The lowest BCUT2D eigenvalue weighted by atomic mass is 9.96. The van der Waals surface area contributed by atoms with E-state index in [9.17, 15) is 9.59 Å². The highest BCUT2D eigenvalue weighted by atomic mass is 28.4. The quantitative estimate of drug-likeness (QED) is 0.659. The third-order valence-electron chi connectivity index (χ3n) is 6.23. The number of rotatable bonds is 5. The van der Waals surface area contributed by atoms with Crippen molar-refractivity contribution in [2.75, 3.05) is 13.1 Å². The number of carbonyl (C=O) groups excluding carboxylic acids is 2. The molecule has 1 aliphatic rings. The summed E-state index contributed by atoms with van der Waals surface area (Å²) in [6.07, 6.45) is -0.335. The SMILES string of the molecule is CC(C)(C)OC(=O)N1C[C@H](O[Si](c2ccccc2)(c2ccccc2)C(C)(C)C)C[C@H](C(N)=O)C1. The number of hydrogen-bond donors (Lipinski definition) is 1. The lowest BCUT2D eigenvalue weighted by Crippen LogP contribution is -2.69. The van der Waals surface area contributed by atoms with Gasteiger partial charge in [0.15, 0.2) is 0 Å². The van der Waals surface area contributed by atoms with E-state index in [0.717, 1.165) is 10.4 Å². The van der Waals surface area contributed by atoms with Crippen LogP contribution in [0.3, 0.4) is 0 Å². The minimum atomic E-state index is -2.84. The number of benzene rings is 2. The summed E-state index contributed by atoms with van der Waals surface area (Å²) in [7, 11) is -2.84. The zero-order valence-electron chi connectivity index (χ0n) is 21.2. The lowest BCUT2D eigenvalue weighted by molar-refractivity contribution is -0.124. The smallest absolute Gasteiger partial charge is 0.410 e. The van der Waals surface area contributed by atoms with Crippen molar-refractivity contribution in [1.82, 2.24) is 4.90 Å². The Morgan fingerprint density at radius 3 is 1.79 bits per heavy atom. The predicted molar refractivity (Wildman–Crippen MR) is 138 cm³/mol. The molecule has 2 N–H and O–H groups in total. The van der Waals surface area contributed by atoms with Gasteiger partial charge in [0, 0.05) is 13.1 Å². The fourth-order valence-corrected chi connectivity index (χ4v) is 9.45. The van der Waals surface area contributed by atoms with Crippen molar-refractivity contribution >= 4 is 30.7 Å². The standard InChI is InChI=1S/C27H38N2O4Si/c1-26(2,3)32-25(31)29-18-20(24(28)30)17-21(19-29)33-34(27(4,5)6,22-13-9-7-10-14-22)23-15-11-8-12-16-23/h7-16,20-21H,17-19H2,1-6H3,(H2,28,30)/t20-,21+/m0/s1. The Labute approximate surface area is 204 Å². The first kappa shape index (κ1) is 26.0. The Hall–Kier alpha value is -2.64. The van der Waals surface area contributed by atoms with Crippen molar-refractivity contribution in [3.8, 4) is 0 Å². The minimum absolute atomic E-state index is 0.216. The summed E-state index contributed by atoms with van der Waals surface area (Å²) < 4.78 is 12.8. The minimum Gasteiger partial charge on any atom is -0.444 e. The second kappa shape index (κ2) is 9.92. The highest BCUT2D eigenvalue weighted by Gasteiger charge is 2.52. The van der Waals surface area contributed by atoms with Gasteiger partial charge in [-0.05, 0) is 42.6 Å². The third-order valence-corrected chi connectivity index (χ3v) is 11.3. The molecule has 7 heteroatoms. The van der Waals surface area contributed by atoms with Gasteiger partial charge in [0.05, 0.1) is 12.0 Å². The Balaban J connectivity index is 2.05. The number of likely N-dealkylation sites (tertiary alicyclic amines) is 1. The van der Waals surface area contributed by atoms with E-state index in [1.165, 1.54) is 0 Å². The van der Waals surface area contributed by atoms with Crippen LogP contribution >= 0.6 is 0 Å². The largest absolute Gasteiger partial charge is 0.444 e. The molecule has 0 aliphatic carbocycles. The second-order valence-electron chi connectivity index (χ2n) is 11.1. The van der Waals surface area contributed by atoms with E-state index < -0.39 is 31.8 Å². The van der Waals surface area contributed by atoms with E-state index in [1.54, 1.807) is 4.90 Å². The van der Waals surface area contributed by atoms with Crippen LogP contribution in [0.1, 0.15) is 48.0 Å². The van der Waals surface area contributed by atoms with Gasteiger partial charge in [0.1, 0.15) is 5.60 Å². The van der Waals surface area contributed by atoms with Crippen LogP contribution < -0.4 is 16.1 Å². The molecule has 6 nitrogen and oxygen atoms in total. The highest BCUT2D eigenvalue weighted by Crippen LogP contribution is 2.39. The molecule has 1 aliphatic heterocycles. The van der Waals surface area contributed by atoms with Crippen LogP contribution in [0.25, 0.3) is 0 Å². The fraction of sp³-hybridized carbons (Fsp3) is 0.481. The van der Waals surface area contributed by atoms with Gasteiger partial charge in [0.25, 0.3) is 8.32 Å². The first-order valence-corrected chi connectivity index (χ1v) is 13.8. The molecule has 34 heavy (non-hydrogen) atoms. The van der Waals surface area contributed by atoms with E-state index in [0.29, 0.717) is 13.0 Å². The van der Waals surface area contributed by atoms with Crippen molar-refractivity contribution < 1.29 is 18.8 Å². The molecule has 1 heterocycles. The number of ether oxygens (including phenoxy) is 1. The second-order valence-corrected chi connectivity index (χ2v) is 15.4. The highest BCUT2D eigenvalue weighted by molar-refractivity contribution is 6.99. The molecule has 0 saturated carbocycles. The van der Waals surface area contributed by atoms with Crippen LogP contribution in [0.5, 0.6) is 0 Å². The zero-order chi connectivity index (χ0) is 25.1. The molecule has 0 bridgehead atoms. The first-order chi connectivity index (χ1) is 15.8. The van der Waals surface area contributed by atoms with Gasteiger partial charge in [-0.2, -0.15) is 0 Å². The van der Waals surface area contributed by atoms with Crippen LogP contribution in [-0.2, 0) is 14.0 Å². The summed E-state index contributed by atoms with van der Waals surface area (Å²) in [6.45, 7) is 12.7. The van der Waals surface area contributed by atoms with E-state index >= 15 is 0 Å². The number of carbonyl (C=O) groups is 2. The topological polar surface area (TPSA) is 81.9 Å². The molecule has 2 amide bonds. The number of primary amides is 1. The predicted octanol–water partition coefficient (Wildman–Crippen LogP) is 3.67. The Morgan fingerprint density at radius 2 is 1.38 bits per heavy atom. The van der Waals surface area contributed by atoms with Gasteiger partial charge < -0.3 is 19.8 Å². The van der Waals surface area contributed by atoms with Gasteiger partial charge in [-0.1, -0.05) is 81.4 Å². The molecule has 0 unspecified atom stereocenters. The zero-order valence-corrected chi connectivity index (χ0v) is 22.2.